The second-order valence-corrected chi connectivity index (χ2v) is 6.56. The van der Waals surface area contributed by atoms with Gasteiger partial charge in [0.1, 0.15) is 4.47 Å². The summed E-state index contributed by atoms with van der Waals surface area (Å²) in [6.07, 6.45) is 7.25. The number of nitrogens with zero attached hydrogens (tertiary/aromatic N) is 2. The Bertz CT molecular complexity index is 518. The molecule has 0 spiro atoms. The molecule has 5 nitrogen and oxygen atoms in total. The molecule has 1 aliphatic rings. The highest BCUT2D eigenvalue weighted by Gasteiger charge is 2.24. The largest absolute Gasteiger partial charge is 0.396 e. The quantitative estimate of drug-likeness (QED) is 0.821. The molecule has 2 rings (SSSR count). The lowest BCUT2D eigenvalue weighted by atomic mass is 9.79. The first-order valence-corrected chi connectivity index (χ1v) is 8.57. The van der Waals surface area contributed by atoms with Gasteiger partial charge in [-0.3, -0.25) is 4.79 Å². The second kappa shape index (κ2) is 7.94. The lowest BCUT2D eigenvalue weighted by Crippen LogP contribution is -2.30. The van der Waals surface area contributed by atoms with Gasteiger partial charge in [0.05, 0.1) is 11.9 Å². The monoisotopic (exact) mass is 357 g/mol. The number of aliphatic hydroxyl groups is 1. The molecule has 1 aromatic rings. The molecule has 2 atom stereocenters. The Balaban J connectivity index is 2.03. The maximum Gasteiger partial charge on any atom is 0.283 e. The van der Waals surface area contributed by atoms with Crippen molar-refractivity contribution in [3.63, 3.8) is 0 Å². The lowest BCUT2D eigenvalue weighted by molar-refractivity contribution is 0.141. The van der Waals surface area contributed by atoms with Gasteiger partial charge in [-0.2, -0.15) is 5.10 Å². The van der Waals surface area contributed by atoms with Crippen molar-refractivity contribution in [3.05, 3.63) is 21.0 Å². The van der Waals surface area contributed by atoms with Crippen molar-refractivity contribution in [2.75, 3.05) is 18.5 Å². The van der Waals surface area contributed by atoms with Gasteiger partial charge in [0, 0.05) is 19.7 Å². The molecule has 2 N–H and O–H groups in total. The van der Waals surface area contributed by atoms with E-state index in [-0.39, 0.29) is 12.2 Å². The molecule has 118 valence electrons. The fourth-order valence-electron chi connectivity index (χ4n) is 2.99. The van der Waals surface area contributed by atoms with E-state index in [9.17, 15) is 9.90 Å². The van der Waals surface area contributed by atoms with Crippen molar-refractivity contribution in [1.82, 2.24) is 9.78 Å². The summed E-state index contributed by atoms with van der Waals surface area (Å²) in [6.45, 7) is 3.69. The number of nitrogens with one attached hydrogen (secondary N) is 1. The zero-order valence-corrected chi connectivity index (χ0v) is 14.1. The third-order valence-corrected chi connectivity index (χ3v) is 5.04. The molecule has 0 bridgehead atoms. The van der Waals surface area contributed by atoms with Crippen molar-refractivity contribution in [2.45, 2.75) is 45.6 Å². The molecule has 0 aromatic carbocycles. The summed E-state index contributed by atoms with van der Waals surface area (Å²) in [5.41, 5.74) is 0.652. The first-order chi connectivity index (χ1) is 10.2. The van der Waals surface area contributed by atoms with Crippen LogP contribution in [0.2, 0.25) is 0 Å². The number of rotatable bonds is 6. The third kappa shape index (κ3) is 4.07. The summed E-state index contributed by atoms with van der Waals surface area (Å²) in [5.74, 6) is 0.840. The van der Waals surface area contributed by atoms with Crippen LogP contribution in [0.3, 0.4) is 0 Å². The van der Waals surface area contributed by atoms with Crippen molar-refractivity contribution in [2.24, 2.45) is 11.8 Å². The zero-order chi connectivity index (χ0) is 15.2. The van der Waals surface area contributed by atoms with E-state index in [1.165, 1.54) is 17.5 Å². The molecule has 1 saturated carbocycles. The van der Waals surface area contributed by atoms with Crippen LogP contribution in [0.1, 0.15) is 39.0 Å². The molecular formula is C15H24BrN3O2. The minimum Gasteiger partial charge on any atom is -0.396 e. The van der Waals surface area contributed by atoms with Gasteiger partial charge in [0.2, 0.25) is 0 Å². The van der Waals surface area contributed by atoms with Crippen molar-refractivity contribution in [3.8, 4) is 0 Å². The zero-order valence-electron chi connectivity index (χ0n) is 12.5. The van der Waals surface area contributed by atoms with E-state index in [0.717, 1.165) is 31.5 Å². The molecule has 6 heteroatoms. The van der Waals surface area contributed by atoms with Gasteiger partial charge in [-0.25, -0.2) is 4.68 Å². The van der Waals surface area contributed by atoms with Gasteiger partial charge >= 0.3 is 0 Å². The van der Waals surface area contributed by atoms with Crippen LogP contribution in [-0.4, -0.2) is 28.0 Å². The molecular weight excluding hydrogens is 334 g/mol. The smallest absolute Gasteiger partial charge is 0.283 e. The standard InChI is InChI=1S/C15H24BrN3O2/c1-2-7-19-15(21)14(16)13(9-18-19)17-8-11-5-3-4-6-12(11)10-20/h9,11-12,17,20H,2-8,10H2,1H3. The molecule has 1 aromatic heterocycles. The van der Waals surface area contributed by atoms with Gasteiger partial charge in [-0.15, -0.1) is 0 Å². The first-order valence-electron chi connectivity index (χ1n) is 7.77. The van der Waals surface area contributed by atoms with Gasteiger partial charge in [-0.1, -0.05) is 19.8 Å². The third-order valence-electron chi connectivity index (χ3n) is 4.28. The van der Waals surface area contributed by atoms with Crippen LogP contribution in [-0.2, 0) is 6.54 Å². The van der Waals surface area contributed by atoms with E-state index in [1.54, 1.807) is 6.20 Å². The Morgan fingerprint density at radius 3 is 2.81 bits per heavy atom. The SMILES string of the molecule is CCCn1ncc(NCC2CCCCC2CO)c(Br)c1=O. The minimum absolute atomic E-state index is 0.0933. The maximum absolute atomic E-state index is 12.1. The van der Waals surface area contributed by atoms with E-state index in [4.69, 9.17) is 0 Å². The highest BCUT2D eigenvalue weighted by Crippen LogP contribution is 2.30. The molecule has 0 aliphatic heterocycles. The number of anilines is 1. The number of aryl methyl sites for hydroxylation is 1. The van der Waals surface area contributed by atoms with Crippen LogP contribution in [0, 0.1) is 11.8 Å². The summed E-state index contributed by atoms with van der Waals surface area (Å²) in [4.78, 5) is 12.1. The van der Waals surface area contributed by atoms with Crippen LogP contribution in [0.5, 0.6) is 0 Å². The van der Waals surface area contributed by atoms with Crippen molar-refractivity contribution >= 4 is 21.6 Å². The van der Waals surface area contributed by atoms with Crippen LogP contribution in [0.15, 0.2) is 15.5 Å². The van der Waals surface area contributed by atoms with E-state index < -0.39 is 0 Å². The summed E-state index contributed by atoms with van der Waals surface area (Å²) in [5, 5.41) is 17.0. The number of aromatic nitrogens is 2. The number of aliphatic hydroxyl groups excluding tert-OH is 1. The molecule has 2 unspecified atom stereocenters. The molecule has 0 amide bonds. The number of hydrogen-bond donors (Lipinski definition) is 2. The number of halogens is 1. The molecule has 21 heavy (non-hydrogen) atoms. The molecule has 1 heterocycles. The molecule has 1 aliphatic carbocycles. The normalized spacial score (nSPS) is 22.2. The van der Waals surface area contributed by atoms with E-state index in [1.807, 2.05) is 6.92 Å². The second-order valence-electron chi connectivity index (χ2n) is 5.77. The van der Waals surface area contributed by atoms with Crippen molar-refractivity contribution < 1.29 is 5.11 Å². The fourth-order valence-corrected chi connectivity index (χ4v) is 3.44. The van der Waals surface area contributed by atoms with E-state index in [2.05, 4.69) is 26.3 Å². The van der Waals surface area contributed by atoms with Crippen LogP contribution >= 0.6 is 15.9 Å². The fraction of sp³-hybridized carbons (Fsp3) is 0.733. The Hall–Kier alpha value is -0.880. The van der Waals surface area contributed by atoms with Crippen molar-refractivity contribution in [1.29, 1.82) is 0 Å². The number of hydrogen-bond acceptors (Lipinski definition) is 4. The molecule has 0 radical (unpaired) electrons. The summed E-state index contributed by atoms with van der Waals surface area (Å²) < 4.78 is 2.02. The molecule has 1 fully saturated rings. The summed E-state index contributed by atoms with van der Waals surface area (Å²) in [7, 11) is 0. The van der Waals surface area contributed by atoms with Crippen LogP contribution in [0.4, 0.5) is 5.69 Å². The Morgan fingerprint density at radius 1 is 1.43 bits per heavy atom. The van der Waals surface area contributed by atoms with Crippen LogP contribution < -0.4 is 10.9 Å². The van der Waals surface area contributed by atoms with E-state index >= 15 is 0 Å². The van der Waals surface area contributed by atoms with Gasteiger partial charge in [0.25, 0.3) is 5.56 Å². The van der Waals surface area contributed by atoms with Gasteiger partial charge in [0.15, 0.2) is 0 Å². The van der Waals surface area contributed by atoms with Gasteiger partial charge < -0.3 is 10.4 Å². The highest BCUT2D eigenvalue weighted by molar-refractivity contribution is 9.10. The lowest BCUT2D eigenvalue weighted by Gasteiger charge is -2.30. The average Bonchev–Trinajstić information content (AvgIpc) is 2.51. The van der Waals surface area contributed by atoms with E-state index in [0.29, 0.717) is 22.9 Å². The van der Waals surface area contributed by atoms with Crippen LogP contribution in [0.25, 0.3) is 0 Å². The highest BCUT2D eigenvalue weighted by atomic mass is 79.9. The first kappa shape index (κ1) is 16.5. The summed E-state index contributed by atoms with van der Waals surface area (Å²) >= 11 is 3.37. The Kier molecular flexibility index (Phi) is 6.23. The summed E-state index contributed by atoms with van der Waals surface area (Å²) in [6, 6.07) is 0. The minimum atomic E-state index is -0.0933. The topological polar surface area (TPSA) is 67.2 Å². The van der Waals surface area contributed by atoms with Gasteiger partial charge in [-0.05, 0) is 47.0 Å². The maximum atomic E-state index is 12.1. The molecule has 0 saturated heterocycles. The predicted molar refractivity (Wildman–Crippen MR) is 87.5 cm³/mol. The average molecular weight is 358 g/mol. The Labute approximate surface area is 133 Å². The predicted octanol–water partition coefficient (Wildman–Crippen LogP) is 2.63. The Morgan fingerprint density at radius 2 is 2.14 bits per heavy atom.